The molecule has 6 nitrogen and oxygen atoms in total. The molecule has 0 unspecified atom stereocenters. The lowest BCUT2D eigenvalue weighted by molar-refractivity contribution is -0.144. The van der Waals surface area contributed by atoms with Gasteiger partial charge in [0.05, 0.1) is 5.54 Å². The molecule has 0 saturated carbocycles. The van der Waals surface area contributed by atoms with Gasteiger partial charge in [-0.2, -0.15) is 0 Å². The van der Waals surface area contributed by atoms with Gasteiger partial charge in [0.1, 0.15) is 6.04 Å². The number of aliphatic carboxylic acids is 1. The Morgan fingerprint density at radius 3 is 2.45 bits per heavy atom. The standard InChI is InChI=1S/C14H27N3O3/c1-4-5-6-11(12(18)19)16-13(20)14(2,3)17-9-7-15-8-10-17/h11,15H,4-10H2,1-3H3,(H,16,20)(H,18,19)/t11-/m0/s1. The van der Waals surface area contributed by atoms with Crippen molar-refractivity contribution in [1.29, 1.82) is 0 Å². The lowest BCUT2D eigenvalue weighted by Crippen LogP contribution is -2.61. The van der Waals surface area contributed by atoms with Gasteiger partial charge < -0.3 is 15.7 Å². The van der Waals surface area contributed by atoms with Gasteiger partial charge in [0.2, 0.25) is 5.91 Å². The van der Waals surface area contributed by atoms with Crippen LogP contribution in [0, 0.1) is 0 Å². The minimum Gasteiger partial charge on any atom is -0.480 e. The Morgan fingerprint density at radius 1 is 1.35 bits per heavy atom. The average molecular weight is 285 g/mol. The molecule has 1 saturated heterocycles. The predicted molar refractivity (Wildman–Crippen MR) is 77.6 cm³/mol. The number of nitrogens with zero attached hydrogens (tertiary/aromatic N) is 1. The molecule has 0 aromatic rings. The third kappa shape index (κ3) is 4.45. The molecule has 1 heterocycles. The van der Waals surface area contributed by atoms with Crippen molar-refractivity contribution in [2.75, 3.05) is 26.2 Å². The number of amides is 1. The summed E-state index contributed by atoms with van der Waals surface area (Å²) in [4.78, 5) is 25.7. The molecule has 0 bridgehead atoms. The molecule has 3 N–H and O–H groups in total. The minimum atomic E-state index is -0.956. The highest BCUT2D eigenvalue weighted by Gasteiger charge is 2.36. The number of carbonyl (C=O) groups is 2. The molecule has 0 aromatic carbocycles. The van der Waals surface area contributed by atoms with Gasteiger partial charge in [-0.05, 0) is 20.3 Å². The van der Waals surface area contributed by atoms with E-state index in [9.17, 15) is 14.7 Å². The Kier molecular flexibility index (Phi) is 6.42. The monoisotopic (exact) mass is 285 g/mol. The highest BCUT2D eigenvalue weighted by atomic mass is 16.4. The first-order chi connectivity index (χ1) is 9.39. The molecule has 0 aliphatic carbocycles. The zero-order chi connectivity index (χ0) is 15.2. The van der Waals surface area contributed by atoms with Crippen LogP contribution in [0.25, 0.3) is 0 Å². The first-order valence-corrected chi connectivity index (χ1v) is 7.39. The lowest BCUT2D eigenvalue weighted by atomic mass is 9.99. The van der Waals surface area contributed by atoms with Crippen LogP contribution in [0.2, 0.25) is 0 Å². The maximum atomic E-state index is 12.4. The van der Waals surface area contributed by atoms with E-state index in [1.165, 1.54) is 0 Å². The Hall–Kier alpha value is -1.14. The number of hydrogen-bond donors (Lipinski definition) is 3. The van der Waals surface area contributed by atoms with Crippen molar-refractivity contribution in [3.05, 3.63) is 0 Å². The molecule has 1 aliphatic heterocycles. The van der Waals surface area contributed by atoms with Crippen molar-refractivity contribution in [2.45, 2.75) is 51.6 Å². The molecule has 0 radical (unpaired) electrons. The van der Waals surface area contributed by atoms with Gasteiger partial charge in [0, 0.05) is 26.2 Å². The Morgan fingerprint density at radius 2 is 1.95 bits per heavy atom. The first kappa shape index (κ1) is 16.9. The van der Waals surface area contributed by atoms with Gasteiger partial charge in [-0.15, -0.1) is 0 Å². The van der Waals surface area contributed by atoms with E-state index in [1.807, 2.05) is 20.8 Å². The normalized spacial score (nSPS) is 18.6. The molecule has 0 aromatic heterocycles. The Labute approximate surface area is 120 Å². The van der Waals surface area contributed by atoms with E-state index in [4.69, 9.17) is 0 Å². The summed E-state index contributed by atoms with van der Waals surface area (Å²) >= 11 is 0. The second kappa shape index (κ2) is 7.59. The fourth-order valence-electron chi connectivity index (χ4n) is 2.37. The second-order valence-corrected chi connectivity index (χ2v) is 5.80. The minimum absolute atomic E-state index is 0.206. The number of unbranched alkanes of at least 4 members (excludes halogenated alkanes) is 1. The number of piperazine rings is 1. The van der Waals surface area contributed by atoms with E-state index in [0.29, 0.717) is 6.42 Å². The van der Waals surface area contributed by atoms with Crippen LogP contribution >= 0.6 is 0 Å². The number of carboxylic acids is 1. The molecule has 1 fully saturated rings. The molecular weight excluding hydrogens is 258 g/mol. The van der Waals surface area contributed by atoms with E-state index in [0.717, 1.165) is 39.0 Å². The Balaban J connectivity index is 2.63. The first-order valence-electron chi connectivity index (χ1n) is 7.39. The van der Waals surface area contributed by atoms with Crippen LogP contribution in [0.4, 0.5) is 0 Å². The summed E-state index contributed by atoms with van der Waals surface area (Å²) in [7, 11) is 0. The van der Waals surface area contributed by atoms with Gasteiger partial charge in [-0.3, -0.25) is 9.69 Å². The summed E-state index contributed by atoms with van der Waals surface area (Å²) in [5, 5.41) is 15.1. The fraction of sp³-hybridized carbons (Fsp3) is 0.857. The molecule has 1 rings (SSSR count). The van der Waals surface area contributed by atoms with Crippen LogP contribution in [-0.4, -0.2) is 59.6 Å². The third-order valence-electron chi connectivity index (χ3n) is 3.91. The lowest BCUT2D eigenvalue weighted by Gasteiger charge is -2.40. The largest absolute Gasteiger partial charge is 0.480 e. The van der Waals surface area contributed by atoms with E-state index < -0.39 is 17.6 Å². The van der Waals surface area contributed by atoms with Crippen LogP contribution in [0.15, 0.2) is 0 Å². The summed E-state index contributed by atoms with van der Waals surface area (Å²) in [6, 6.07) is -0.787. The van der Waals surface area contributed by atoms with Crippen molar-refractivity contribution in [3.63, 3.8) is 0 Å². The van der Waals surface area contributed by atoms with Gasteiger partial charge in [-0.25, -0.2) is 4.79 Å². The molecule has 1 aliphatic rings. The summed E-state index contributed by atoms with van der Waals surface area (Å²) in [6.07, 6.45) is 2.20. The summed E-state index contributed by atoms with van der Waals surface area (Å²) in [6.45, 7) is 9.02. The highest BCUT2D eigenvalue weighted by Crippen LogP contribution is 2.16. The maximum absolute atomic E-state index is 12.4. The van der Waals surface area contributed by atoms with Gasteiger partial charge in [0.25, 0.3) is 0 Å². The summed E-state index contributed by atoms with van der Waals surface area (Å²) in [5.41, 5.74) is -0.679. The van der Waals surface area contributed by atoms with Crippen LogP contribution < -0.4 is 10.6 Å². The van der Waals surface area contributed by atoms with Crippen molar-refractivity contribution >= 4 is 11.9 Å². The predicted octanol–water partition coefficient (Wildman–Crippen LogP) is 0.430. The number of hydrogen-bond acceptors (Lipinski definition) is 4. The average Bonchev–Trinajstić information content (AvgIpc) is 2.43. The van der Waals surface area contributed by atoms with Crippen molar-refractivity contribution in [3.8, 4) is 0 Å². The van der Waals surface area contributed by atoms with Gasteiger partial charge in [-0.1, -0.05) is 19.8 Å². The zero-order valence-electron chi connectivity index (χ0n) is 12.7. The van der Waals surface area contributed by atoms with Crippen molar-refractivity contribution in [2.24, 2.45) is 0 Å². The SMILES string of the molecule is CCCC[C@H](NC(=O)C(C)(C)N1CCNCC1)C(=O)O. The molecule has 20 heavy (non-hydrogen) atoms. The highest BCUT2D eigenvalue weighted by molar-refractivity contribution is 5.89. The number of carbonyl (C=O) groups excluding carboxylic acids is 1. The van der Waals surface area contributed by atoms with E-state index >= 15 is 0 Å². The number of nitrogens with one attached hydrogen (secondary N) is 2. The van der Waals surface area contributed by atoms with Crippen molar-refractivity contribution in [1.82, 2.24) is 15.5 Å². The maximum Gasteiger partial charge on any atom is 0.326 e. The van der Waals surface area contributed by atoms with E-state index in [-0.39, 0.29) is 5.91 Å². The van der Waals surface area contributed by atoms with Crippen LogP contribution in [0.3, 0.4) is 0 Å². The molecule has 0 spiro atoms. The van der Waals surface area contributed by atoms with Gasteiger partial charge >= 0.3 is 5.97 Å². The number of rotatable bonds is 7. The third-order valence-corrected chi connectivity index (χ3v) is 3.91. The van der Waals surface area contributed by atoms with Crippen molar-refractivity contribution < 1.29 is 14.7 Å². The van der Waals surface area contributed by atoms with E-state index in [2.05, 4.69) is 15.5 Å². The van der Waals surface area contributed by atoms with Crippen LogP contribution in [0.1, 0.15) is 40.0 Å². The molecule has 1 atom stereocenters. The summed E-state index contributed by atoms with van der Waals surface area (Å²) < 4.78 is 0. The van der Waals surface area contributed by atoms with E-state index in [1.54, 1.807) is 0 Å². The molecular formula is C14H27N3O3. The molecule has 1 amide bonds. The fourth-order valence-corrected chi connectivity index (χ4v) is 2.37. The zero-order valence-corrected chi connectivity index (χ0v) is 12.7. The van der Waals surface area contributed by atoms with Gasteiger partial charge in [0.15, 0.2) is 0 Å². The van der Waals surface area contributed by atoms with Crippen LogP contribution in [-0.2, 0) is 9.59 Å². The topological polar surface area (TPSA) is 81.7 Å². The Bertz CT molecular complexity index is 339. The summed E-state index contributed by atoms with van der Waals surface area (Å²) in [5.74, 6) is -1.16. The molecule has 6 heteroatoms. The molecule has 116 valence electrons. The number of carboxylic acid groups (broad SMARTS) is 1. The smallest absolute Gasteiger partial charge is 0.326 e. The van der Waals surface area contributed by atoms with Crippen LogP contribution in [0.5, 0.6) is 0 Å². The quantitative estimate of drug-likeness (QED) is 0.632. The second-order valence-electron chi connectivity index (χ2n) is 5.80.